The lowest BCUT2D eigenvalue weighted by Crippen LogP contribution is -2.72. The van der Waals surface area contributed by atoms with Gasteiger partial charge in [-0.15, -0.1) is 0 Å². The molecule has 184 valence electrons. The number of cyclic esters (lactones) is 1. The molecule has 3 aliphatic heterocycles. The van der Waals surface area contributed by atoms with E-state index in [1.807, 2.05) is 18.7 Å². The van der Waals surface area contributed by atoms with E-state index in [9.17, 15) is 9.59 Å². The van der Waals surface area contributed by atoms with Gasteiger partial charge < -0.3 is 15.0 Å². The van der Waals surface area contributed by atoms with Crippen LogP contribution in [-0.4, -0.2) is 64.0 Å². The second-order valence-electron chi connectivity index (χ2n) is 10.2. The van der Waals surface area contributed by atoms with Crippen LogP contribution in [0.4, 0.5) is 16.6 Å². The lowest BCUT2D eigenvalue weighted by Gasteiger charge is -2.60. The molecule has 0 radical (unpaired) electrons. The van der Waals surface area contributed by atoms with Crippen molar-refractivity contribution >= 4 is 23.8 Å². The van der Waals surface area contributed by atoms with Crippen LogP contribution in [0.25, 0.3) is 0 Å². The maximum absolute atomic E-state index is 12.2. The fourth-order valence-corrected chi connectivity index (χ4v) is 5.24. The van der Waals surface area contributed by atoms with Crippen LogP contribution in [0.5, 0.6) is 0 Å². The molecule has 0 unspecified atom stereocenters. The SMILES string of the molecule is C=CC(=O)N1CC2(CN(Cc3ccc([C@H](C)Nc4ncc5c(n4)N(C(C)C)C(=O)OC5)cc3)C2)C1. The van der Waals surface area contributed by atoms with E-state index in [0.29, 0.717) is 11.8 Å². The van der Waals surface area contributed by atoms with Crippen molar-refractivity contribution in [2.24, 2.45) is 5.41 Å². The van der Waals surface area contributed by atoms with E-state index < -0.39 is 0 Å². The molecule has 1 atom stereocenters. The third-order valence-electron chi connectivity index (χ3n) is 7.02. The number of rotatable bonds is 7. The number of ether oxygens (including phenoxy) is 1. The van der Waals surface area contributed by atoms with Crippen molar-refractivity contribution < 1.29 is 14.3 Å². The van der Waals surface area contributed by atoms with E-state index in [-0.39, 0.29) is 36.1 Å². The fourth-order valence-electron chi connectivity index (χ4n) is 5.24. The van der Waals surface area contributed by atoms with Gasteiger partial charge in [0, 0.05) is 50.4 Å². The number of nitrogens with one attached hydrogen (secondary N) is 1. The number of carbonyl (C=O) groups is 2. The van der Waals surface area contributed by atoms with Gasteiger partial charge in [-0.2, -0.15) is 4.98 Å². The molecule has 9 nitrogen and oxygen atoms in total. The predicted octanol–water partition coefficient (Wildman–Crippen LogP) is 3.34. The highest BCUT2D eigenvalue weighted by molar-refractivity contribution is 5.89. The van der Waals surface area contributed by atoms with E-state index >= 15 is 0 Å². The zero-order valence-electron chi connectivity index (χ0n) is 20.5. The predicted molar refractivity (Wildman–Crippen MR) is 133 cm³/mol. The van der Waals surface area contributed by atoms with Crippen molar-refractivity contribution in [2.45, 2.75) is 46.0 Å². The summed E-state index contributed by atoms with van der Waals surface area (Å²) in [4.78, 5) is 38.8. The van der Waals surface area contributed by atoms with E-state index in [1.54, 1.807) is 11.1 Å². The Hall–Kier alpha value is -3.46. The van der Waals surface area contributed by atoms with Crippen LogP contribution in [-0.2, 0) is 22.7 Å². The highest BCUT2D eigenvalue weighted by Crippen LogP contribution is 2.40. The van der Waals surface area contributed by atoms with Gasteiger partial charge in [-0.1, -0.05) is 30.8 Å². The molecule has 0 bridgehead atoms. The quantitative estimate of drug-likeness (QED) is 0.613. The summed E-state index contributed by atoms with van der Waals surface area (Å²) in [6.07, 6.45) is 2.74. The number of nitrogens with zero attached hydrogens (tertiary/aromatic N) is 5. The summed E-state index contributed by atoms with van der Waals surface area (Å²) in [5, 5.41) is 3.36. The maximum atomic E-state index is 12.2. The highest BCUT2D eigenvalue weighted by Gasteiger charge is 2.52. The monoisotopic (exact) mass is 476 g/mol. The Kier molecular flexibility index (Phi) is 5.96. The Labute approximate surface area is 205 Å². The molecule has 5 rings (SSSR count). The molecule has 2 fully saturated rings. The molecule has 1 spiro atoms. The average Bonchev–Trinajstić information content (AvgIpc) is 2.79. The summed E-state index contributed by atoms with van der Waals surface area (Å²) in [7, 11) is 0. The Morgan fingerprint density at radius 1 is 1.20 bits per heavy atom. The molecule has 1 N–H and O–H groups in total. The Morgan fingerprint density at radius 2 is 1.91 bits per heavy atom. The van der Waals surface area contributed by atoms with Crippen molar-refractivity contribution in [3.63, 3.8) is 0 Å². The molecule has 9 heteroatoms. The molecular weight excluding hydrogens is 444 g/mol. The minimum absolute atomic E-state index is 0.000719. The number of amides is 2. The van der Waals surface area contributed by atoms with Crippen LogP contribution in [0.15, 0.2) is 43.1 Å². The van der Waals surface area contributed by atoms with Gasteiger partial charge in [-0.05, 0) is 38.0 Å². The topological polar surface area (TPSA) is 90.9 Å². The number of anilines is 2. The summed E-state index contributed by atoms with van der Waals surface area (Å²) in [5.74, 6) is 1.12. The number of hydrogen-bond donors (Lipinski definition) is 1. The molecule has 1 aromatic carbocycles. The first-order chi connectivity index (χ1) is 16.8. The molecule has 4 heterocycles. The van der Waals surface area contributed by atoms with Gasteiger partial charge in [-0.25, -0.2) is 9.78 Å². The third-order valence-corrected chi connectivity index (χ3v) is 7.02. The molecule has 1 aromatic heterocycles. The first kappa shape index (κ1) is 23.3. The number of carbonyl (C=O) groups excluding carboxylic acids is 2. The molecular formula is C26H32N6O3. The van der Waals surface area contributed by atoms with Crippen LogP contribution in [0.3, 0.4) is 0 Å². The van der Waals surface area contributed by atoms with Crippen molar-refractivity contribution in [2.75, 3.05) is 36.4 Å². The van der Waals surface area contributed by atoms with Gasteiger partial charge in [-0.3, -0.25) is 14.6 Å². The van der Waals surface area contributed by atoms with Crippen molar-refractivity contribution in [3.8, 4) is 0 Å². The first-order valence-corrected chi connectivity index (χ1v) is 12.1. The normalized spacial score (nSPS) is 19.5. The van der Waals surface area contributed by atoms with Crippen molar-refractivity contribution in [3.05, 3.63) is 59.8 Å². The summed E-state index contributed by atoms with van der Waals surface area (Å²) >= 11 is 0. The number of likely N-dealkylation sites (tertiary alicyclic amines) is 2. The zero-order valence-corrected chi connectivity index (χ0v) is 20.5. The third kappa shape index (κ3) is 4.48. The minimum Gasteiger partial charge on any atom is -0.444 e. The summed E-state index contributed by atoms with van der Waals surface area (Å²) in [6.45, 7) is 14.4. The van der Waals surface area contributed by atoms with Gasteiger partial charge in [0.15, 0.2) is 0 Å². The molecule has 3 aliphatic rings. The standard InChI is InChI=1S/C26H32N6O3/c1-5-22(33)31-15-26(16-31)13-30(14-26)11-19-6-8-20(9-7-19)18(4)28-24-27-10-21-12-35-25(34)32(17(2)3)23(21)29-24/h5-10,17-18H,1,11-16H2,2-4H3,(H,27,28,29)/t18-/m0/s1. The molecule has 2 saturated heterocycles. The van der Waals surface area contributed by atoms with Gasteiger partial charge in [0.05, 0.1) is 11.6 Å². The van der Waals surface area contributed by atoms with Gasteiger partial charge in [0.25, 0.3) is 0 Å². The minimum atomic E-state index is -0.381. The molecule has 0 aliphatic carbocycles. The number of fused-ring (bicyclic) bond motifs is 1. The van der Waals surface area contributed by atoms with Gasteiger partial charge in [0.1, 0.15) is 12.4 Å². The first-order valence-electron chi connectivity index (χ1n) is 12.1. The second-order valence-corrected chi connectivity index (χ2v) is 10.2. The Balaban J connectivity index is 1.16. The number of benzene rings is 1. The second kappa shape index (κ2) is 8.96. The average molecular weight is 477 g/mol. The lowest BCUT2D eigenvalue weighted by molar-refractivity contribution is -0.154. The summed E-state index contributed by atoms with van der Waals surface area (Å²) in [5.41, 5.74) is 3.49. The summed E-state index contributed by atoms with van der Waals surface area (Å²) in [6, 6.07) is 8.53. The largest absolute Gasteiger partial charge is 0.444 e. The van der Waals surface area contributed by atoms with E-state index in [0.717, 1.165) is 43.9 Å². The Bertz CT molecular complexity index is 1130. The van der Waals surface area contributed by atoms with Crippen molar-refractivity contribution in [1.29, 1.82) is 0 Å². The van der Waals surface area contributed by atoms with Crippen LogP contribution in [0, 0.1) is 5.41 Å². The van der Waals surface area contributed by atoms with Crippen LogP contribution < -0.4 is 10.2 Å². The van der Waals surface area contributed by atoms with E-state index in [2.05, 4.69) is 58.0 Å². The lowest BCUT2D eigenvalue weighted by atomic mass is 9.72. The Morgan fingerprint density at radius 3 is 2.57 bits per heavy atom. The van der Waals surface area contributed by atoms with Crippen LogP contribution in [0.1, 0.15) is 43.5 Å². The van der Waals surface area contributed by atoms with E-state index in [1.165, 1.54) is 11.6 Å². The molecule has 35 heavy (non-hydrogen) atoms. The van der Waals surface area contributed by atoms with Gasteiger partial charge in [0.2, 0.25) is 11.9 Å². The number of hydrogen-bond acceptors (Lipinski definition) is 7. The molecule has 2 aromatic rings. The highest BCUT2D eigenvalue weighted by atomic mass is 16.6. The maximum Gasteiger partial charge on any atom is 0.416 e. The number of aromatic nitrogens is 2. The van der Waals surface area contributed by atoms with Crippen LogP contribution >= 0.6 is 0 Å². The molecule has 0 saturated carbocycles. The summed E-state index contributed by atoms with van der Waals surface area (Å²) < 4.78 is 5.22. The fraction of sp³-hybridized carbons (Fsp3) is 0.462. The molecule has 2 amide bonds. The smallest absolute Gasteiger partial charge is 0.416 e. The van der Waals surface area contributed by atoms with Crippen LogP contribution in [0.2, 0.25) is 0 Å². The van der Waals surface area contributed by atoms with Gasteiger partial charge >= 0.3 is 6.09 Å². The van der Waals surface area contributed by atoms with Crippen molar-refractivity contribution in [1.82, 2.24) is 19.8 Å². The van der Waals surface area contributed by atoms with E-state index in [4.69, 9.17) is 4.74 Å². The zero-order chi connectivity index (χ0) is 24.7.